The monoisotopic (exact) mass is 440 g/mol. The minimum absolute atomic E-state index is 0.0498. The average molecular weight is 441 g/mol. The second-order valence-corrected chi connectivity index (χ2v) is 10.2. The number of aliphatic hydroxyl groups excluding tert-OH is 1. The number of hydrogen-bond donors (Lipinski definition) is 3. The third-order valence-corrected chi connectivity index (χ3v) is 9.29. The lowest BCUT2D eigenvalue weighted by Gasteiger charge is -2.38. The maximum absolute atomic E-state index is 13.4. The van der Waals surface area contributed by atoms with Crippen molar-refractivity contribution in [3.05, 3.63) is 0 Å². The molecule has 4 saturated heterocycles. The molecule has 0 radical (unpaired) electrons. The second kappa shape index (κ2) is 8.64. The number of hydrogen-bond acceptors (Lipinski definition) is 7. The predicted octanol–water partition coefficient (Wildman–Crippen LogP) is -1.49. The van der Waals surface area contributed by atoms with Crippen LogP contribution in [-0.4, -0.2) is 108 Å². The summed E-state index contributed by atoms with van der Waals surface area (Å²) in [6.45, 7) is 6.33. The molecule has 0 aromatic heterocycles. The summed E-state index contributed by atoms with van der Waals surface area (Å²) in [4.78, 5) is 43.2. The first-order chi connectivity index (χ1) is 14.5. The molecule has 4 aliphatic rings. The van der Waals surface area contributed by atoms with Gasteiger partial charge in [-0.05, 0) is 12.3 Å². The zero-order valence-electron chi connectivity index (χ0n) is 17.6. The van der Waals surface area contributed by atoms with Gasteiger partial charge in [0.2, 0.25) is 17.7 Å². The third kappa shape index (κ3) is 3.32. The van der Waals surface area contributed by atoms with Crippen molar-refractivity contribution < 1.29 is 24.2 Å². The van der Waals surface area contributed by atoms with Gasteiger partial charge < -0.3 is 25.4 Å². The number of nitrogens with zero attached hydrogens (tertiary/aromatic N) is 2. The second-order valence-electron chi connectivity index (χ2n) is 8.67. The van der Waals surface area contributed by atoms with Crippen molar-refractivity contribution in [1.82, 2.24) is 20.4 Å². The summed E-state index contributed by atoms with van der Waals surface area (Å²) in [7, 11) is 1.59. The molecule has 3 amide bonds. The Kier molecular flexibility index (Phi) is 6.30. The van der Waals surface area contributed by atoms with E-state index in [-0.39, 0.29) is 42.0 Å². The molecule has 6 atom stereocenters. The number of ether oxygens (including phenoxy) is 1. The molecular weight excluding hydrogens is 408 g/mol. The first-order valence-electron chi connectivity index (χ1n) is 10.8. The Labute approximate surface area is 181 Å². The summed E-state index contributed by atoms with van der Waals surface area (Å²) in [6.07, 6.45) is 0.817. The van der Waals surface area contributed by atoms with Crippen molar-refractivity contribution >= 4 is 29.5 Å². The number of nitrogens with one attached hydrogen (secondary N) is 2. The average Bonchev–Trinajstić information content (AvgIpc) is 3.33. The van der Waals surface area contributed by atoms with E-state index in [9.17, 15) is 19.5 Å². The number of amides is 3. The van der Waals surface area contributed by atoms with Gasteiger partial charge in [0.1, 0.15) is 6.04 Å². The molecule has 2 bridgehead atoms. The van der Waals surface area contributed by atoms with Crippen LogP contribution in [-0.2, 0) is 19.1 Å². The van der Waals surface area contributed by atoms with Crippen molar-refractivity contribution in [3.63, 3.8) is 0 Å². The maximum Gasteiger partial charge on any atom is 0.244 e. The molecule has 0 saturated carbocycles. The number of rotatable bonds is 7. The fourth-order valence-corrected chi connectivity index (χ4v) is 8.32. The largest absolute Gasteiger partial charge is 0.395 e. The minimum atomic E-state index is -0.661. The summed E-state index contributed by atoms with van der Waals surface area (Å²) >= 11 is 1.65. The SMILES string of the molecule is CNC(=O)[C@@H]1[C@@H]2CC(C)C3(S2)C(C(=O)NCCN2CCOCC2)N(CCO)C(=O)[C@H]13. The van der Waals surface area contributed by atoms with Crippen LogP contribution in [0.5, 0.6) is 0 Å². The molecule has 168 valence electrons. The Morgan fingerprint density at radius 3 is 2.67 bits per heavy atom. The zero-order valence-corrected chi connectivity index (χ0v) is 18.5. The number of carbonyl (C=O) groups excluding carboxylic acids is 3. The van der Waals surface area contributed by atoms with Crippen molar-refractivity contribution in [1.29, 1.82) is 0 Å². The van der Waals surface area contributed by atoms with Gasteiger partial charge in [-0.15, -0.1) is 11.8 Å². The molecule has 30 heavy (non-hydrogen) atoms. The standard InChI is InChI=1S/C20H32N4O5S/c1-12-11-13-14(17(26)21-2)15-19(28)24(5-8-25)16(20(12,15)30-13)18(27)22-3-4-23-6-9-29-10-7-23/h12-16,25H,3-11H2,1-2H3,(H,21,26)(H,22,27)/t12?,13-,14+,15-,16?,20?/m0/s1. The van der Waals surface area contributed by atoms with E-state index in [1.807, 2.05) is 0 Å². The lowest BCUT2D eigenvalue weighted by atomic mass is 9.66. The highest BCUT2D eigenvalue weighted by Crippen LogP contribution is 2.68. The normalized spacial score (nSPS) is 38.0. The maximum atomic E-state index is 13.4. The van der Waals surface area contributed by atoms with Crippen LogP contribution in [0.1, 0.15) is 13.3 Å². The molecule has 3 N–H and O–H groups in total. The number of thioether (sulfide) groups is 1. The quantitative estimate of drug-likeness (QED) is 0.442. The number of β-amino-alcohol motifs (C(OH)–C–C–N with tert-alkyl or cyclic N) is 1. The Bertz CT molecular complexity index is 703. The Morgan fingerprint density at radius 2 is 2.00 bits per heavy atom. The van der Waals surface area contributed by atoms with E-state index < -0.39 is 22.6 Å². The molecule has 4 rings (SSSR count). The van der Waals surface area contributed by atoms with Crippen LogP contribution in [0.2, 0.25) is 0 Å². The number of carbonyl (C=O) groups is 3. The highest BCUT2D eigenvalue weighted by Gasteiger charge is 2.75. The van der Waals surface area contributed by atoms with Crippen LogP contribution < -0.4 is 10.6 Å². The predicted molar refractivity (Wildman–Crippen MR) is 112 cm³/mol. The van der Waals surface area contributed by atoms with Gasteiger partial charge >= 0.3 is 0 Å². The zero-order chi connectivity index (χ0) is 21.5. The topological polar surface area (TPSA) is 111 Å². The van der Waals surface area contributed by atoms with Crippen molar-refractivity contribution in [3.8, 4) is 0 Å². The van der Waals surface area contributed by atoms with Gasteiger partial charge in [0.05, 0.1) is 36.4 Å². The molecule has 4 heterocycles. The number of morpholine rings is 1. The molecule has 3 unspecified atom stereocenters. The molecule has 0 aromatic carbocycles. The molecule has 10 heteroatoms. The van der Waals surface area contributed by atoms with Gasteiger partial charge in [0.25, 0.3) is 0 Å². The van der Waals surface area contributed by atoms with Crippen LogP contribution in [0.15, 0.2) is 0 Å². The number of fused-ring (bicyclic) bond motifs is 1. The highest BCUT2D eigenvalue weighted by atomic mass is 32.2. The Hall–Kier alpha value is -1.36. The molecule has 9 nitrogen and oxygen atoms in total. The summed E-state index contributed by atoms with van der Waals surface area (Å²) in [6, 6.07) is -0.661. The number of aliphatic hydroxyl groups is 1. The summed E-state index contributed by atoms with van der Waals surface area (Å²) in [5.41, 5.74) is 0. The molecular formula is C20H32N4O5S. The van der Waals surface area contributed by atoms with E-state index in [1.165, 1.54) is 4.90 Å². The van der Waals surface area contributed by atoms with Gasteiger partial charge in [-0.2, -0.15) is 0 Å². The van der Waals surface area contributed by atoms with E-state index in [4.69, 9.17) is 4.74 Å². The Balaban J connectivity index is 1.54. The molecule has 1 spiro atoms. The van der Waals surface area contributed by atoms with Crippen LogP contribution in [0.25, 0.3) is 0 Å². The molecule has 4 aliphatic heterocycles. The minimum Gasteiger partial charge on any atom is -0.395 e. The van der Waals surface area contributed by atoms with Crippen LogP contribution >= 0.6 is 11.8 Å². The van der Waals surface area contributed by atoms with Crippen LogP contribution in [0.3, 0.4) is 0 Å². The summed E-state index contributed by atoms with van der Waals surface area (Å²) in [5, 5.41) is 15.4. The fraction of sp³-hybridized carbons (Fsp3) is 0.850. The third-order valence-electron chi connectivity index (χ3n) is 7.21. The van der Waals surface area contributed by atoms with Crippen LogP contribution in [0.4, 0.5) is 0 Å². The van der Waals surface area contributed by atoms with Gasteiger partial charge in [-0.3, -0.25) is 19.3 Å². The van der Waals surface area contributed by atoms with E-state index in [2.05, 4.69) is 22.5 Å². The van der Waals surface area contributed by atoms with Gasteiger partial charge in [0, 0.05) is 45.0 Å². The summed E-state index contributed by atoms with van der Waals surface area (Å²) < 4.78 is 4.75. The van der Waals surface area contributed by atoms with E-state index in [0.717, 1.165) is 26.1 Å². The van der Waals surface area contributed by atoms with Crippen molar-refractivity contribution in [2.45, 2.75) is 29.4 Å². The van der Waals surface area contributed by atoms with E-state index in [0.29, 0.717) is 19.8 Å². The van der Waals surface area contributed by atoms with Gasteiger partial charge in [0.15, 0.2) is 0 Å². The smallest absolute Gasteiger partial charge is 0.244 e. The number of likely N-dealkylation sites (tertiary alicyclic amines) is 1. The molecule has 0 aromatic rings. The molecule has 4 fully saturated rings. The Morgan fingerprint density at radius 1 is 1.27 bits per heavy atom. The molecule has 0 aliphatic carbocycles. The van der Waals surface area contributed by atoms with E-state index >= 15 is 0 Å². The fourth-order valence-electron chi connectivity index (χ4n) is 5.89. The van der Waals surface area contributed by atoms with Crippen molar-refractivity contribution in [2.24, 2.45) is 17.8 Å². The first kappa shape index (κ1) is 21.9. The highest BCUT2D eigenvalue weighted by molar-refractivity contribution is 8.02. The first-order valence-corrected chi connectivity index (χ1v) is 11.7. The lowest BCUT2D eigenvalue weighted by molar-refractivity contribution is -0.140. The lowest BCUT2D eigenvalue weighted by Crippen LogP contribution is -2.57. The van der Waals surface area contributed by atoms with E-state index in [1.54, 1.807) is 18.8 Å². The summed E-state index contributed by atoms with van der Waals surface area (Å²) in [5.74, 6) is -1.27. The van der Waals surface area contributed by atoms with Gasteiger partial charge in [-0.25, -0.2) is 0 Å². The van der Waals surface area contributed by atoms with Crippen molar-refractivity contribution in [2.75, 3.05) is 59.6 Å². The van der Waals surface area contributed by atoms with Crippen LogP contribution in [0, 0.1) is 17.8 Å². The van der Waals surface area contributed by atoms with Gasteiger partial charge in [-0.1, -0.05) is 6.92 Å².